The summed E-state index contributed by atoms with van der Waals surface area (Å²) in [6.07, 6.45) is 0. The number of fused-ring (bicyclic) bond motifs is 1. The van der Waals surface area contributed by atoms with Gasteiger partial charge in [0.25, 0.3) is 0 Å². The zero-order valence-electron chi connectivity index (χ0n) is 15.8. The maximum Gasteiger partial charge on any atom is 0.356 e. The van der Waals surface area contributed by atoms with Crippen molar-refractivity contribution in [1.82, 2.24) is 15.0 Å². The van der Waals surface area contributed by atoms with Gasteiger partial charge in [-0.15, -0.1) is 0 Å². The van der Waals surface area contributed by atoms with Crippen LogP contribution in [0.5, 0.6) is 0 Å². The van der Waals surface area contributed by atoms with Crippen LogP contribution < -0.4 is 4.90 Å². The minimum absolute atomic E-state index is 0.0552. The fourth-order valence-electron chi connectivity index (χ4n) is 3.14. The first-order chi connectivity index (χ1) is 14.1. The Kier molecular flexibility index (Phi) is 5.57. The highest BCUT2D eigenvalue weighted by molar-refractivity contribution is 6.35. The molecule has 0 saturated carbocycles. The molecule has 0 aliphatic carbocycles. The molecule has 1 aromatic carbocycles. The van der Waals surface area contributed by atoms with E-state index in [2.05, 4.69) is 9.97 Å². The second kappa shape index (κ2) is 8.28. The molecule has 3 aromatic rings. The van der Waals surface area contributed by atoms with Gasteiger partial charge in [-0.05, 0) is 11.6 Å². The molecule has 0 atom stereocenters. The summed E-state index contributed by atoms with van der Waals surface area (Å²) in [7, 11) is 1.29. The summed E-state index contributed by atoms with van der Waals surface area (Å²) in [6, 6.07) is 8.75. The first kappa shape index (κ1) is 19.5. The largest absolute Gasteiger partial charge is 0.464 e. The molecule has 9 heteroatoms. The molecule has 8 nitrogen and oxygen atoms in total. The number of carbonyl (C=O) groups is 1. The number of aliphatic hydroxyl groups is 1. The van der Waals surface area contributed by atoms with E-state index in [0.717, 1.165) is 11.1 Å². The molecule has 1 aliphatic heterocycles. The average molecular weight is 415 g/mol. The lowest BCUT2D eigenvalue weighted by Gasteiger charge is -2.27. The Morgan fingerprint density at radius 2 is 1.90 bits per heavy atom. The van der Waals surface area contributed by atoms with Crippen LogP contribution in [0.15, 0.2) is 30.3 Å². The van der Waals surface area contributed by atoms with Crippen molar-refractivity contribution < 1.29 is 19.4 Å². The van der Waals surface area contributed by atoms with Crippen LogP contribution in [0, 0.1) is 0 Å². The van der Waals surface area contributed by atoms with Crippen LogP contribution in [0.2, 0.25) is 5.02 Å². The number of nitrogens with zero attached hydrogens (tertiary/aromatic N) is 4. The number of rotatable bonds is 4. The summed E-state index contributed by atoms with van der Waals surface area (Å²) >= 11 is 6.47. The zero-order valence-corrected chi connectivity index (χ0v) is 16.5. The minimum Gasteiger partial charge on any atom is -0.464 e. The van der Waals surface area contributed by atoms with Gasteiger partial charge in [-0.25, -0.2) is 19.7 Å². The number of aliphatic hydroxyl groups excluding tert-OH is 1. The number of benzene rings is 1. The number of ether oxygens (including phenoxy) is 2. The van der Waals surface area contributed by atoms with E-state index in [-0.39, 0.29) is 12.3 Å². The van der Waals surface area contributed by atoms with Crippen molar-refractivity contribution in [1.29, 1.82) is 0 Å². The second-order valence-electron chi connectivity index (χ2n) is 6.50. The van der Waals surface area contributed by atoms with E-state index in [1.165, 1.54) is 13.2 Å². The van der Waals surface area contributed by atoms with Gasteiger partial charge in [0.1, 0.15) is 16.7 Å². The summed E-state index contributed by atoms with van der Waals surface area (Å²) in [5.41, 5.74) is 3.05. The Morgan fingerprint density at radius 1 is 1.17 bits per heavy atom. The van der Waals surface area contributed by atoms with Crippen molar-refractivity contribution in [3.63, 3.8) is 0 Å². The topological polar surface area (TPSA) is 97.7 Å². The van der Waals surface area contributed by atoms with Gasteiger partial charge in [0.05, 0.1) is 32.0 Å². The fraction of sp³-hybridized carbons (Fsp3) is 0.300. The van der Waals surface area contributed by atoms with Gasteiger partial charge < -0.3 is 19.5 Å². The van der Waals surface area contributed by atoms with Crippen LogP contribution in [0.4, 0.5) is 5.95 Å². The van der Waals surface area contributed by atoms with E-state index in [4.69, 9.17) is 26.1 Å². The highest BCUT2D eigenvalue weighted by atomic mass is 35.5. The molecule has 150 valence electrons. The molecule has 29 heavy (non-hydrogen) atoms. The van der Waals surface area contributed by atoms with E-state index in [9.17, 15) is 9.90 Å². The molecule has 1 fully saturated rings. The molecule has 3 heterocycles. The lowest BCUT2D eigenvalue weighted by Crippen LogP contribution is -2.37. The minimum atomic E-state index is -0.590. The van der Waals surface area contributed by atoms with E-state index in [1.807, 2.05) is 29.2 Å². The molecular weight excluding hydrogens is 396 g/mol. The van der Waals surface area contributed by atoms with E-state index in [0.29, 0.717) is 54.0 Å². The summed E-state index contributed by atoms with van der Waals surface area (Å²) in [5, 5.41) is 9.61. The Hall–Kier alpha value is -2.81. The van der Waals surface area contributed by atoms with Gasteiger partial charge in [0.15, 0.2) is 5.69 Å². The normalized spacial score (nSPS) is 14.2. The van der Waals surface area contributed by atoms with Crippen LogP contribution in [0.1, 0.15) is 16.1 Å². The standard InChI is InChI=1S/C20H19ClN4O4/c1-28-19(27)15-10-14(21)17-18(22-15)16(13-4-2-12(11-26)3-5-13)23-20(24-17)25-6-8-29-9-7-25/h2-5,10,26H,6-9,11H2,1H3. The third kappa shape index (κ3) is 3.87. The number of hydrogen-bond acceptors (Lipinski definition) is 8. The number of esters is 1. The number of halogens is 1. The summed E-state index contributed by atoms with van der Waals surface area (Å²) in [6.45, 7) is 2.46. The Morgan fingerprint density at radius 3 is 2.55 bits per heavy atom. The molecule has 0 unspecified atom stereocenters. The van der Waals surface area contributed by atoms with E-state index < -0.39 is 5.97 Å². The number of morpholine rings is 1. The van der Waals surface area contributed by atoms with Crippen molar-refractivity contribution in [2.24, 2.45) is 0 Å². The Balaban J connectivity index is 1.94. The quantitative estimate of drug-likeness (QED) is 0.650. The zero-order chi connectivity index (χ0) is 20.4. The molecule has 2 aromatic heterocycles. The molecule has 0 spiro atoms. The number of aromatic nitrogens is 3. The maximum atomic E-state index is 12.0. The Bertz CT molecular complexity index is 1050. The monoisotopic (exact) mass is 414 g/mol. The second-order valence-corrected chi connectivity index (χ2v) is 6.91. The van der Waals surface area contributed by atoms with E-state index >= 15 is 0 Å². The van der Waals surface area contributed by atoms with Gasteiger partial charge in [-0.2, -0.15) is 0 Å². The molecule has 0 amide bonds. The van der Waals surface area contributed by atoms with Crippen molar-refractivity contribution in [2.75, 3.05) is 38.3 Å². The van der Waals surface area contributed by atoms with Crippen molar-refractivity contribution >= 4 is 34.6 Å². The van der Waals surface area contributed by atoms with E-state index in [1.54, 1.807) is 0 Å². The SMILES string of the molecule is COC(=O)c1cc(Cl)c2nc(N3CCOCC3)nc(-c3ccc(CO)cc3)c2n1. The predicted octanol–water partition coefficient (Wildman–Crippen LogP) is 2.46. The maximum absolute atomic E-state index is 12.0. The van der Waals surface area contributed by atoms with Gasteiger partial charge in [0, 0.05) is 18.7 Å². The summed E-state index contributed by atoms with van der Waals surface area (Å²) in [5.74, 6) is -0.0656. The third-order valence-corrected chi connectivity index (χ3v) is 4.98. The van der Waals surface area contributed by atoms with Crippen LogP contribution in [0.3, 0.4) is 0 Å². The first-order valence-electron chi connectivity index (χ1n) is 9.10. The lowest BCUT2D eigenvalue weighted by molar-refractivity contribution is 0.0594. The van der Waals surface area contributed by atoms with Crippen molar-refractivity contribution in [3.8, 4) is 11.3 Å². The Labute approximate surface area is 172 Å². The summed E-state index contributed by atoms with van der Waals surface area (Å²) < 4.78 is 10.2. The molecular formula is C20H19ClN4O4. The molecule has 0 bridgehead atoms. The molecule has 1 N–H and O–H groups in total. The predicted molar refractivity (Wildman–Crippen MR) is 108 cm³/mol. The van der Waals surface area contributed by atoms with Crippen LogP contribution in [-0.4, -0.2) is 59.4 Å². The first-order valence-corrected chi connectivity index (χ1v) is 9.48. The lowest BCUT2D eigenvalue weighted by atomic mass is 10.1. The fourth-order valence-corrected chi connectivity index (χ4v) is 3.37. The molecule has 1 saturated heterocycles. The number of pyridine rings is 1. The van der Waals surface area contributed by atoms with Crippen molar-refractivity contribution in [2.45, 2.75) is 6.61 Å². The molecule has 0 radical (unpaired) electrons. The highest BCUT2D eigenvalue weighted by Crippen LogP contribution is 2.32. The van der Waals surface area contributed by atoms with Crippen LogP contribution in [0.25, 0.3) is 22.3 Å². The number of anilines is 1. The van der Waals surface area contributed by atoms with Gasteiger partial charge >= 0.3 is 5.97 Å². The average Bonchev–Trinajstić information content (AvgIpc) is 2.78. The number of methoxy groups -OCH3 is 1. The van der Waals surface area contributed by atoms with Crippen LogP contribution in [-0.2, 0) is 16.1 Å². The van der Waals surface area contributed by atoms with Gasteiger partial charge in [-0.1, -0.05) is 35.9 Å². The summed E-state index contributed by atoms with van der Waals surface area (Å²) in [4.78, 5) is 27.8. The van der Waals surface area contributed by atoms with Gasteiger partial charge in [-0.3, -0.25) is 0 Å². The number of hydrogen-bond donors (Lipinski definition) is 1. The molecule has 1 aliphatic rings. The smallest absolute Gasteiger partial charge is 0.356 e. The van der Waals surface area contributed by atoms with Crippen LogP contribution >= 0.6 is 11.6 Å². The number of carbonyl (C=O) groups excluding carboxylic acids is 1. The van der Waals surface area contributed by atoms with Crippen molar-refractivity contribution in [3.05, 3.63) is 46.6 Å². The molecule has 4 rings (SSSR count). The highest BCUT2D eigenvalue weighted by Gasteiger charge is 2.21. The third-order valence-electron chi connectivity index (χ3n) is 4.69. The van der Waals surface area contributed by atoms with Gasteiger partial charge in [0.2, 0.25) is 5.95 Å².